The molecule has 1 aromatic carbocycles. The van der Waals surface area contributed by atoms with E-state index in [1.807, 2.05) is 26.8 Å². The second-order valence-corrected chi connectivity index (χ2v) is 7.58. The molecule has 3 N–H and O–H groups in total. The summed E-state index contributed by atoms with van der Waals surface area (Å²) in [5.41, 5.74) is 5.81. The number of pyridine rings is 1. The second kappa shape index (κ2) is 10.4. The first-order valence-electron chi connectivity index (χ1n) is 9.33. The summed E-state index contributed by atoms with van der Waals surface area (Å²) >= 11 is 0. The molecule has 0 radical (unpaired) electrons. The third-order valence-electron chi connectivity index (χ3n) is 5.52. The first kappa shape index (κ1) is 26.1. The summed E-state index contributed by atoms with van der Waals surface area (Å²) in [6, 6.07) is 9.20. The molecule has 1 saturated carbocycles. The molecule has 1 aromatic heterocycles. The van der Waals surface area contributed by atoms with E-state index in [0.29, 0.717) is 31.2 Å². The van der Waals surface area contributed by atoms with E-state index in [1.54, 1.807) is 12.3 Å². The Kier molecular flexibility index (Phi) is 9.05. The third kappa shape index (κ3) is 5.21. The fraction of sp³-hybridized carbons (Fsp3) is 0.429. The zero-order valence-corrected chi connectivity index (χ0v) is 18.8. The predicted molar refractivity (Wildman–Crippen MR) is 118 cm³/mol. The Morgan fingerprint density at radius 1 is 1.23 bits per heavy atom. The van der Waals surface area contributed by atoms with Crippen LogP contribution >= 0.6 is 24.8 Å². The van der Waals surface area contributed by atoms with E-state index in [2.05, 4.69) is 10.3 Å². The van der Waals surface area contributed by atoms with Gasteiger partial charge in [-0.1, -0.05) is 19.9 Å². The number of halogens is 3. The van der Waals surface area contributed by atoms with Gasteiger partial charge in [0, 0.05) is 37.3 Å². The number of aromatic nitrogens is 1. The molecule has 1 aliphatic rings. The molecule has 3 rings (SSSR count). The smallest absolute Gasteiger partial charge is 0.241 e. The van der Waals surface area contributed by atoms with Gasteiger partial charge in [-0.05, 0) is 36.8 Å². The average Bonchev–Trinajstić information content (AvgIpc) is 2.68. The summed E-state index contributed by atoms with van der Waals surface area (Å²) in [5, 5.41) is 2.89. The maximum Gasteiger partial charge on any atom is 0.241 e. The lowest BCUT2D eigenvalue weighted by Crippen LogP contribution is -2.75. The Bertz CT molecular complexity index is 834. The van der Waals surface area contributed by atoms with E-state index in [0.717, 1.165) is 5.56 Å². The SMILES string of the molecule is CCOC1CC(N)(C(=O)NCc2ccc(Oc3ccc(F)cc3)nc2)C1(C)C.Cl.Cl. The number of nitrogens with zero attached hydrogens (tertiary/aromatic N) is 1. The van der Waals surface area contributed by atoms with Crippen molar-refractivity contribution in [2.45, 2.75) is 45.4 Å². The van der Waals surface area contributed by atoms with Gasteiger partial charge in [-0.2, -0.15) is 0 Å². The Hall–Kier alpha value is -1.93. The molecule has 30 heavy (non-hydrogen) atoms. The van der Waals surface area contributed by atoms with Crippen molar-refractivity contribution in [1.29, 1.82) is 0 Å². The van der Waals surface area contributed by atoms with Crippen LogP contribution in [0.15, 0.2) is 42.6 Å². The highest BCUT2D eigenvalue weighted by Crippen LogP contribution is 2.49. The molecule has 1 aliphatic carbocycles. The van der Waals surface area contributed by atoms with Gasteiger partial charge in [-0.15, -0.1) is 24.8 Å². The van der Waals surface area contributed by atoms with Gasteiger partial charge in [0.05, 0.1) is 6.10 Å². The van der Waals surface area contributed by atoms with E-state index in [4.69, 9.17) is 15.2 Å². The molecule has 6 nitrogen and oxygen atoms in total. The van der Waals surface area contributed by atoms with Crippen molar-refractivity contribution in [3.05, 3.63) is 54.0 Å². The maximum absolute atomic E-state index is 12.9. The highest BCUT2D eigenvalue weighted by atomic mass is 35.5. The van der Waals surface area contributed by atoms with Crippen molar-refractivity contribution in [3.8, 4) is 11.6 Å². The topological polar surface area (TPSA) is 86.5 Å². The van der Waals surface area contributed by atoms with Gasteiger partial charge < -0.3 is 20.5 Å². The summed E-state index contributed by atoms with van der Waals surface area (Å²) in [7, 11) is 0. The number of carbonyl (C=O) groups is 1. The summed E-state index contributed by atoms with van der Waals surface area (Å²) < 4.78 is 24.2. The molecule has 0 spiro atoms. The summed E-state index contributed by atoms with van der Waals surface area (Å²) in [6.45, 7) is 6.77. The van der Waals surface area contributed by atoms with Crippen LogP contribution in [0.4, 0.5) is 4.39 Å². The van der Waals surface area contributed by atoms with Crippen LogP contribution in [0.25, 0.3) is 0 Å². The lowest BCUT2D eigenvalue weighted by atomic mass is 9.54. The zero-order chi connectivity index (χ0) is 20.4. The molecule has 9 heteroatoms. The highest BCUT2D eigenvalue weighted by Gasteiger charge is 2.62. The minimum atomic E-state index is -0.952. The highest BCUT2D eigenvalue weighted by molar-refractivity contribution is 5.88. The molecule has 166 valence electrons. The Morgan fingerprint density at radius 3 is 2.43 bits per heavy atom. The average molecular weight is 460 g/mol. The summed E-state index contributed by atoms with van der Waals surface area (Å²) in [4.78, 5) is 16.9. The Labute approximate surface area is 188 Å². The van der Waals surface area contributed by atoms with Crippen molar-refractivity contribution >= 4 is 30.7 Å². The number of rotatable bonds is 7. The lowest BCUT2D eigenvalue weighted by Gasteiger charge is -2.57. The number of hydrogen-bond acceptors (Lipinski definition) is 5. The number of carbonyl (C=O) groups excluding carboxylic acids is 1. The van der Waals surface area contributed by atoms with Crippen molar-refractivity contribution < 1.29 is 18.7 Å². The van der Waals surface area contributed by atoms with Crippen molar-refractivity contribution in [2.75, 3.05) is 6.61 Å². The molecular weight excluding hydrogens is 432 g/mol. The van der Waals surface area contributed by atoms with Crippen LogP contribution in [0.3, 0.4) is 0 Å². The lowest BCUT2D eigenvalue weighted by molar-refractivity contribution is -0.170. The second-order valence-electron chi connectivity index (χ2n) is 7.58. The largest absolute Gasteiger partial charge is 0.439 e. The molecule has 0 aliphatic heterocycles. The molecule has 0 bridgehead atoms. The van der Waals surface area contributed by atoms with E-state index < -0.39 is 11.0 Å². The number of nitrogens with one attached hydrogen (secondary N) is 1. The van der Waals surface area contributed by atoms with Gasteiger partial charge in [0.25, 0.3) is 0 Å². The molecule has 1 fully saturated rings. The molecule has 1 amide bonds. The van der Waals surface area contributed by atoms with Gasteiger partial charge in [0.15, 0.2) is 0 Å². The van der Waals surface area contributed by atoms with Crippen LogP contribution in [-0.4, -0.2) is 29.1 Å². The fourth-order valence-electron chi connectivity index (χ4n) is 3.36. The van der Waals surface area contributed by atoms with Gasteiger partial charge >= 0.3 is 0 Å². The van der Waals surface area contributed by atoms with Gasteiger partial charge in [0.1, 0.15) is 17.1 Å². The minimum Gasteiger partial charge on any atom is -0.439 e. The number of hydrogen-bond donors (Lipinski definition) is 2. The third-order valence-corrected chi connectivity index (χ3v) is 5.52. The molecule has 2 aromatic rings. The first-order chi connectivity index (χ1) is 13.3. The molecule has 0 saturated heterocycles. The van der Waals surface area contributed by atoms with Gasteiger partial charge in [0.2, 0.25) is 11.8 Å². The van der Waals surface area contributed by atoms with Crippen LogP contribution < -0.4 is 15.8 Å². The normalized spacial score (nSPS) is 21.4. The standard InChI is InChI=1S/C21H26FN3O3.2ClH/c1-4-27-17-11-21(23,20(17,2)3)19(26)25-13-14-5-10-18(24-12-14)28-16-8-6-15(22)7-9-16;;/h5-10,12,17H,4,11,13,23H2,1-3H3,(H,25,26);2*1H. The monoisotopic (exact) mass is 459 g/mol. The first-order valence-corrected chi connectivity index (χ1v) is 9.33. The predicted octanol–water partition coefficient (Wildman–Crippen LogP) is 4.01. The quantitative estimate of drug-likeness (QED) is 0.652. The van der Waals surface area contributed by atoms with Crippen molar-refractivity contribution in [3.63, 3.8) is 0 Å². The Morgan fingerprint density at radius 2 is 1.90 bits per heavy atom. The van der Waals surface area contributed by atoms with Crippen LogP contribution in [0.1, 0.15) is 32.8 Å². The number of ether oxygens (including phenoxy) is 2. The van der Waals surface area contributed by atoms with Crippen LogP contribution in [0, 0.1) is 11.2 Å². The van der Waals surface area contributed by atoms with Gasteiger partial charge in [-0.25, -0.2) is 9.37 Å². The fourth-order valence-corrected chi connectivity index (χ4v) is 3.36. The number of amides is 1. The summed E-state index contributed by atoms with van der Waals surface area (Å²) in [6.07, 6.45) is 2.11. The van der Waals surface area contributed by atoms with Crippen LogP contribution in [-0.2, 0) is 16.1 Å². The van der Waals surface area contributed by atoms with E-state index in [9.17, 15) is 9.18 Å². The van der Waals surface area contributed by atoms with Crippen LogP contribution in [0.2, 0.25) is 0 Å². The van der Waals surface area contributed by atoms with Gasteiger partial charge in [-0.3, -0.25) is 4.79 Å². The van der Waals surface area contributed by atoms with Crippen molar-refractivity contribution in [2.24, 2.45) is 11.1 Å². The number of nitrogens with two attached hydrogens (primary N) is 1. The van der Waals surface area contributed by atoms with E-state index in [-0.39, 0.29) is 42.6 Å². The molecular formula is C21H28Cl2FN3O3. The number of benzene rings is 1. The summed E-state index contributed by atoms with van der Waals surface area (Å²) in [5.74, 6) is 0.360. The molecule has 2 unspecified atom stereocenters. The van der Waals surface area contributed by atoms with E-state index in [1.165, 1.54) is 24.3 Å². The van der Waals surface area contributed by atoms with E-state index >= 15 is 0 Å². The zero-order valence-electron chi connectivity index (χ0n) is 17.2. The molecule has 2 atom stereocenters. The van der Waals surface area contributed by atoms with Crippen LogP contribution in [0.5, 0.6) is 11.6 Å². The Balaban J connectivity index is 0.00000225. The van der Waals surface area contributed by atoms with Crippen molar-refractivity contribution in [1.82, 2.24) is 10.3 Å². The maximum atomic E-state index is 12.9. The molecule has 1 heterocycles. The minimum absolute atomic E-state index is 0.